The molecule has 78 valence electrons. The second kappa shape index (κ2) is 4.96. The van der Waals surface area contributed by atoms with Crippen molar-refractivity contribution >= 4 is 5.69 Å². The van der Waals surface area contributed by atoms with E-state index in [0.29, 0.717) is 5.92 Å². The molecule has 0 saturated carbocycles. The molecule has 1 rings (SSSR count). The molecule has 2 N–H and O–H groups in total. The van der Waals surface area contributed by atoms with Crippen molar-refractivity contribution in [2.75, 3.05) is 25.5 Å². The highest BCUT2D eigenvalue weighted by atomic mass is 15.1. The molecule has 1 unspecified atom stereocenters. The fourth-order valence-corrected chi connectivity index (χ4v) is 1.47. The van der Waals surface area contributed by atoms with Crippen LogP contribution >= 0.6 is 0 Å². The smallest absolute Gasteiger partial charge is 0.0424 e. The second-order valence-corrected chi connectivity index (χ2v) is 3.94. The van der Waals surface area contributed by atoms with E-state index in [0.717, 1.165) is 13.0 Å². The van der Waals surface area contributed by atoms with E-state index in [9.17, 15) is 0 Å². The van der Waals surface area contributed by atoms with Gasteiger partial charge in [-0.15, -0.1) is 0 Å². The molecule has 0 aromatic carbocycles. The Morgan fingerprint density at radius 3 is 2.79 bits per heavy atom. The Hall–Kier alpha value is -1.09. The molecule has 3 nitrogen and oxygen atoms in total. The maximum absolute atomic E-state index is 5.61. The Kier molecular flexibility index (Phi) is 3.89. The van der Waals surface area contributed by atoms with Crippen LogP contribution in [0.15, 0.2) is 18.5 Å². The van der Waals surface area contributed by atoms with Gasteiger partial charge in [-0.3, -0.25) is 4.98 Å². The fourth-order valence-electron chi connectivity index (χ4n) is 1.47. The summed E-state index contributed by atoms with van der Waals surface area (Å²) in [7, 11) is 4.10. The summed E-state index contributed by atoms with van der Waals surface area (Å²) in [4.78, 5) is 6.26. The summed E-state index contributed by atoms with van der Waals surface area (Å²) < 4.78 is 0. The molecular formula is C11H19N3. The van der Waals surface area contributed by atoms with Gasteiger partial charge in [-0.25, -0.2) is 0 Å². The number of nitrogens with two attached hydrogens (primary N) is 1. The topological polar surface area (TPSA) is 42.1 Å². The standard InChI is InChI=1S/C11H19N3/c1-9(7-12)6-10-8-13-5-4-11(10)14(2)3/h4-5,8-9H,6-7,12H2,1-3H3. The van der Waals surface area contributed by atoms with Gasteiger partial charge in [0.1, 0.15) is 0 Å². The zero-order valence-corrected chi connectivity index (χ0v) is 9.20. The molecule has 0 aliphatic rings. The molecule has 0 bridgehead atoms. The average Bonchev–Trinajstić information content (AvgIpc) is 2.18. The third-order valence-electron chi connectivity index (χ3n) is 2.33. The first-order chi connectivity index (χ1) is 6.65. The first-order valence-corrected chi connectivity index (χ1v) is 4.95. The zero-order chi connectivity index (χ0) is 10.6. The Morgan fingerprint density at radius 1 is 1.50 bits per heavy atom. The van der Waals surface area contributed by atoms with Crippen LogP contribution in [0.5, 0.6) is 0 Å². The second-order valence-electron chi connectivity index (χ2n) is 3.94. The Morgan fingerprint density at radius 2 is 2.21 bits per heavy atom. The van der Waals surface area contributed by atoms with Crippen molar-refractivity contribution < 1.29 is 0 Å². The van der Waals surface area contributed by atoms with Gasteiger partial charge in [0.25, 0.3) is 0 Å². The molecule has 1 heterocycles. The summed E-state index contributed by atoms with van der Waals surface area (Å²) in [6.45, 7) is 2.88. The average molecular weight is 193 g/mol. The lowest BCUT2D eigenvalue weighted by Gasteiger charge is -2.18. The lowest BCUT2D eigenvalue weighted by atomic mass is 10.0. The summed E-state index contributed by atoms with van der Waals surface area (Å²) in [5.41, 5.74) is 8.12. The number of anilines is 1. The van der Waals surface area contributed by atoms with Crippen LogP contribution in [-0.4, -0.2) is 25.6 Å². The first kappa shape index (κ1) is 11.0. The lowest BCUT2D eigenvalue weighted by Crippen LogP contribution is -2.16. The molecule has 1 aromatic heterocycles. The zero-order valence-electron chi connectivity index (χ0n) is 9.20. The van der Waals surface area contributed by atoms with E-state index in [1.807, 2.05) is 32.6 Å². The van der Waals surface area contributed by atoms with Gasteiger partial charge in [-0.2, -0.15) is 0 Å². The summed E-state index contributed by atoms with van der Waals surface area (Å²) in [6, 6.07) is 2.04. The molecule has 0 amide bonds. The van der Waals surface area contributed by atoms with Gasteiger partial charge in [0.15, 0.2) is 0 Å². The van der Waals surface area contributed by atoms with E-state index in [-0.39, 0.29) is 0 Å². The minimum Gasteiger partial charge on any atom is -0.377 e. The number of pyridine rings is 1. The maximum Gasteiger partial charge on any atom is 0.0424 e. The van der Waals surface area contributed by atoms with Gasteiger partial charge in [-0.05, 0) is 30.5 Å². The molecule has 0 fully saturated rings. The van der Waals surface area contributed by atoms with Crippen LogP contribution in [0.25, 0.3) is 0 Å². The Balaban J connectivity index is 2.84. The molecule has 0 aliphatic heterocycles. The summed E-state index contributed by atoms with van der Waals surface area (Å²) in [5, 5.41) is 0. The van der Waals surface area contributed by atoms with Crippen LogP contribution in [0.2, 0.25) is 0 Å². The van der Waals surface area contributed by atoms with Crippen molar-refractivity contribution in [1.29, 1.82) is 0 Å². The van der Waals surface area contributed by atoms with E-state index < -0.39 is 0 Å². The van der Waals surface area contributed by atoms with Crippen LogP contribution in [0.1, 0.15) is 12.5 Å². The normalized spacial score (nSPS) is 12.6. The first-order valence-electron chi connectivity index (χ1n) is 4.95. The number of rotatable bonds is 4. The summed E-state index contributed by atoms with van der Waals surface area (Å²) in [6.07, 6.45) is 4.76. The van der Waals surface area contributed by atoms with E-state index in [2.05, 4.69) is 16.8 Å². The van der Waals surface area contributed by atoms with Crippen LogP contribution in [0.4, 0.5) is 5.69 Å². The molecule has 3 heteroatoms. The highest BCUT2D eigenvalue weighted by Crippen LogP contribution is 2.19. The van der Waals surface area contributed by atoms with Crippen molar-refractivity contribution in [2.45, 2.75) is 13.3 Å². The molecule has 0 saturated heterocycles. The summed E-state index contributed by atoms with van der Waals surface area (Å²) >= 11 is 0. The van der Waals surface area contributed by atoms with Crippen LogP contribution in [-0.2, 0) is 6.42 Å². The third-order valence-corrected chi connectivity index (χ3v) is 2.33. The quantitative estimate of drug-likeness (QED) is 0.783. The molecule has 1 aromatic rings. The van der Waals surface area contributed by atoms with Gasteiger partial charge in [0.2, 0.25) is 0 Å². The van der Waals surface area contributed by atoms with Crippen molar-refractivity contribution in [2.24, 2.45) is 11.7 Å². The van der Waals surface area contributed by atoms with Gasteiger partial charge >= 0.3 is 0 Å². The monoisotopic (exact) mass is 193 g/mol. The molecule has 0 spiro atoms. The molecular weight excluding hydrogens is 174 g/mol. The van der Waals surface area contributed by atoms with Crippen molar-refractivity contribution in [3.05, 3.63) is 24.0 Å². The number of aromatic nitrogens is 1. The van der Waals surface area contributed by atoms with Crippen molar-refractivity contribution in [3.8, 4) is 0 Å². The van der Waals surface area contributed by atoms with Crippen LogP contribution < -0.4 is 10.6 Å². The number of hydrogen-bond acceptors (Lipinski definition) is 3. The predicted molar refractivity (Wildman–Crippen MR) is 60.5 cm³/mol. The van der Waals surface area contributed by atoms with E-state index in [1.165, 1.54) is 11.3 Å². The van der Waals surface area contributed by atoms with Gasteiger partial charge in [0, 0.05) is 32.2 Å². The van der Waals surface area contributed by atoms with E-state index in [1.54, 1.807) is 0 Å². The highest BCUT2D eigenvalue weighted by molar-refractivity contribution is 5.50. The van der Waals surface area contributed by atoms with Gasteiger partial charge in [0.05, 0.1) is 0 Å². The molecule has 14 heavy (non-hydrogen) atoms. The van der Waals surface area contributed by atoms with E-state index in [4.69, 9.17) is 5.73 Å². The fraction of sp³-hybridized carbons (Fsp3) is 0.545. The van der Waals surface area contributed by atoms with Crippen molar-refractivity contribution in [3.63, 3.8) is 0 Å². The highest BCUT2D eigenvalue weighted by Gasteiger charge is 2.07. The number of hydrogen-bond donors (Lipinski definition) is 1. The SMILES string of the molecule is CC(CN)Cc1cnccc1N(C)C. The van der Waals surface area contributed by atoms with E-state index >= 15 is 0 Å². The lowest BCUT2D eigenvalue weighted by molar-refractivity contribution is 0.592. The van der Waals surface area contributed by atoms with Crippen LogP contribution in [0.3, 0.4) is 0 Å². The molecule has 0 aliphatic carbocycles. The third kappa shape index (κ3) is 2.70. The van der Waals surface area contributed by atoms with Crippen molar-refractivity contribution in [1.82, 2.24) is 4.98 Å². The molecule has 1 atom stereocenters. The summed E-state index contributed by atoms with van der Waals surface area (Å²) in [5.74, 6) is 0.512. The van der Waals surface area contributed by atoms with Gasteiger partial charge in [-0.1, -0.05) is 6.92 Å². The predicted octanol–water partition coefficient (Wildman–Crippen LogP) is 1.28. The van der Waals surface area contributed by atoms with Gasteiger partial charge < -0.3 is 10.6 Å². The van der Waals surface area contributed by atoms with Crippen LogP contribution in [0, 0.1) is 5.92 Å². The minimum atomic E-state index is 0.512. The Labute approximate surface area is 85.9 Å². The number of nitrogens with zero attached hydrogens (tertiary/aromatic N) is 2. The minimum absolute atomic E-state index is 0.512. The maximum atomic E-state index is 5.61. The molecule has 0 radical (unpaired) electrons. The Bertz CT molecular complexity index is 284. The largest absolute Gasteiger partial charge is 0.377 e.